The number of thiazole rings is 1. The van der Waals surface area contributed by atoms with E-state index in [0.29, 0.717) is 18.1 Å². The van der Waals surface area contributed by atoms with Crippen LogP contribution in [0.2, 0.25) is 0 Å². The van der Waals surface area contributed by atoms with Crippen molar-refractivity contribution in [3.05, 3.63) is 11.1 Å². The molecule has 0 radical (unpaired) electrons. The molecule has 1 saturated heterocycles. The second kappa shape index (κ2) is 7.51. The SMILES string of the molecule is CCC(=O)N(CC(=O)Nc1nc(C)cs1)CC1CCCO1. The third-order valence-corrected chi connectivity index (χ3v) is 4.18. The van der Waals surface area contributed by atoms with Gasteiger partial charge in [0.1, 0.15) is 6.54 Å². The second-order valence-corrected chi connectivity index (χ2v) is 5.96. The van der Waals surface area contributed by atoms with E-state index in [0.717, 1.165) is 25.1 Å². The number of nitrogens with one attached hydrogen (secondary N) is 1. The van der Waals surface area contributed by atoms with Crippen LogP contribution in [0.15, 0.2) is 5.38 Å². The van der Waals surface area contributed by atoms with Crippen LogP contribution in [0.4, 0.5) is 5.13 Å². The van der Waals surface area contributed by atoms with Gasteiger partial charge in [-0.25, -0.2) is 4.98 Å². The molecule has 1 atom stereocenters. The Bertz CT molecular complexity index is 497. The van der Waals surface area contributed by atoms with Crippen LogP contribution in [0.25, 0.3) is 0 Å². The van der Waals surface area contributed by atoms with Crippen LogP contribution in [0, 0.1) is 6.92 Å². The summed E-state index contributed by atoms with van der Waals surface area (Å²) in [5, 5.41) is 5.17. The molecule has 1 aromatic heterocycles. The first kappa shape index (κ1) is 15.9. The Morgan fingerprint density at radius 1 is 1.57 bits per heavy atom. The number of ether oxygens (including phenoxy) is 1. The van der Waals surface area contributed by atoms with Gasteiger partial charge in [-0.2, -0.15) is 0 Å². The average molecular weight is 311 g/mol. The minimum atomic E-state index is -0.218. The summed E-state index contributed by atoms with van der Waals surface area (Å²) in [6.07, 6.45) is 2.40. The molecule has 1 N–H and O–H groups in total. The van der Waals surface area contributed by atoms with Crippen molar-refractivity contribution in [3.63, 3.8) is 0 Å². The summed E-state index contributed by atoms with van der Waals surface area (Å²) >= 11 is 1.38. The molecule has 116 valence electrons. The van der Waals surface area contributed by atoms with Gasteiger partial charge in [-0.3, -0.25) is 9.59 Å². The van der Waals surface area contributed by atoms with E-state index in [1.54, 1.807) is 11.8 Å². The fourth-order valence-corrected chi connectivity index (χ4v) is 2.96. The van der Waals surface area contributed by atoms with Crippen LogP contribution in [0.3, 0.4) is 0 Å². The lowest BCUT2D eigenvalue weighted by molar-refractivity contribution is -0.135. The molecule has 0 saturated carbocycles. The van der Waals surface area contributed by atoms with Gasteiger partial charge in [-0.1, -0.05) is 6.92 Å². The predicted octanol–water partition coefficient (Wildman–Crippen LogP) is 1.81. The van der Waals surface area contributed by atoms with E-state index < -0.39 is 0 Å². The summed E-state index contributed by atoms with van der Waals surface area (Å²) in [4.78, 5) is 29.8. The number of amides is 2. The Balaban J connectivity index is 1.90. The summed E-state index contributed by atoms with van der Waals surface area (Å²) in [5.41, 5.74) is 0.871. The topological polar surface area (TPSA) is 71.5 Å². The Hall–Kier alpha value is -1.47. The van der Waals surface area contributed by atoms with Crippen molar-refractivity contribution in [1.29, 1.82) is 0 Å². The maximum atomic E-state index is 12.0. The third kappa shape index (κ3) is 4.78. The zero-order valence-corrected chi connectivity index (χ0v) is 13.2. The maximum Gasteiger partial charge on any atom is 0.245 e. The van der Waals surface area contributed by atoms with Gasteiger partial charge >= 0.3 is 0 Å². The van der Waals surface area contributed by atoms with Gasteiger partial charge in [0.2, 0.25) is 11.8 Å². The molecule has 0 spiro atoms. The van der Waals surface area contributed by atoms with Gasteiger partial charge in [0.25, 0.3) is 0 Å². The van der Waals surface area contributed by atoms with Gasteiger partial charge < -0.3 is 15.0 Å². The number of aryl methyl sites for hydroxylation is 1. The van der Waals surface area contributed by atoms with Gasteiger partial charge in [0.15, 0.2) is 5.13 Å². The van der Waals surface area contributed by atoms with Crippen molar-refractivity contribution in [2.45, 2.75) is 39.2 Å². The molecule has 2 rings (SSSR count). The van der Waals surface area contributed by atoms with Crippen LogP contribution in [0.5, 0.6) is 0 Å². The number of carbonyl (C=O) groups is 2. The first-order valence-corrected chi connectivity index (χ1v) is 8.07. The molecule has 6 nitrogen and oxygen atoms in total. The Morgan fingerprint density at radius 3 is 2.95 bits per heavy atom. The third-order valence-electron chi connectivity index (χ3n) is 3.30. The minimum absolute atomic E-state index is 0.0315. The molecule has 0 aliphatic carbocycles. The maximum absolute atomic E-state index is 12.0. The fraction of sp³-hybridized carbons (Fsp3) is 0.643. The zero-order chi connectivity index (χ0) is 15.2. The van der Waals surface area contributed by atoms with Crippen molar-refractivity contribution in [2.75, 3.05) is 25.0 Å². The Morgan fingerprint density at radius 2 is 2.38 bits per heavy atom. The highest BCUT2D eigenvalue weighted by Gasteiger charge is 2.23. The van der Waals surface area contributed by atoms with E-state index in [4.69, 9.17) is 4.74 Å². The fourth-order valence-electron chi connectivity index (χ4n) is 2.26. The first-order chi connectivity index (χ1) is 10.1. The molecule has 2 amide bonds. The highest BCUT2D eigenvalue weighted by Crippen LogP contribution is 2.16. The lowest BCUT2D eigenvalue weighted by Crippen LogP contribution is -2.42. The first-order valence-electron chi connectivity index (χ1n) is 7.20. The summed E-state index contributed by atoms with van der Waals surface area (Å²) in [6, 6.07) is 0. The standard InChI is InChI=1S/C14H21N3O3S/c1-3-13(19)17(7-11-5-4-6-20-11)8-12(18)16-14-15-10(2)9-21-14/h9,11H,3-8H2,1-2H3,(H,15,16,18). The van der Waals surface area contributed by atoms with Crippen LogP contribution >= 0.6 is 11.3 Å². The minimum Gasteiger partial charge on any atom is -0.376 e. The second-order valence-electron chi connectivity index (χ2n) is 5.11. The molecule has 7 heteroatoms. The number of aromatic nitrogens is 1. The lowest BCUT2D eigenvalue weighted by Gasteiger charge is -2.24. The quantitative estimate of drug-likeness (QED) is 0.869. The van der Waals surface area contributed by atoms with Gasteiger partial charge in [-0.15, -0.1) is 11.3 Å². The summed E-state index contributed by atoms with van der Waals surface area (Å²) in [6.45, 7) is 4.94. The molecular formula is C14H21N3O3S. The van der Waals surface area contributed by atoms with Gasteiger partial charge in [-0.05, 0) is 19.8 Å². The number of carbonyl (C=O) groups excluding carboxylic acids is 2. The number of hydrogen-bond donors (Lipinski definition) is 1. The molecule has 1 aliphatic heterocycles. The zero-order valence-electron chi connectivity index (χ0n) is 12.4. The largest absolute Gasteiger partial charge is 0.376 e. The summed E-state index contributed by atoms with van der Waals surface area (Å²) in [7, 11) is 0. The molecule has 0 aromatic carbocycles. The molecule has 21 heavy (non-hydrogen) atoms. The normalized spacial score (nSPS) is 17.7. The van der Waals surface area contributed by atoms with E-state index in [1.807, 2.05) is 12.3 Å². The predicted molar refractivity (Wildman–Crippen MR) is 81.3 cm³/mol. The molecule has 1 aromatic rings. The monoisotopic (exact) mass is 311 g/mol. The van der Waals surface area contributed by atoms with Crippen LogP contribution in [-0.2, 0) is 14.3 Å². The number of anilines is 1. The number of rotatable bonds is 6. The molecular weight excluding hydrogens is 290 g/mol. The van der Waals surface area contributed by atoms with E-state index in [2.05, 4.69) is 10.3 Å². The van der Waals surface area contributed by atoms with Crippen LogP contribution in [-0.4, -0.2) is 47.5 Å². The van der Waals surface area contributed by atoms with E-state index in [1.165, 1.54) is 11.3 Å². The summed E-state index contributed by atoms with van der Waals surface area (Å²) in [5.74, 6) is -0.250. The van der Waals surface area contributed by atoms with Crippen molar-refractivity contribution in [1.82, 2.24) is 9.88 Å². The molecule has 1 fully saturated rings. The van der Waals surface area contributed by atoms with Crippen LogP contribution < -0.4 is 5.32 Å². The van der Waals surface area contributed by atoms with Gasteiger partial charge in [0, 0.05) is 25.0 Å². The molecule has 1 unspecified atom stereocenters. The number of nitrogens with zero attached hydrogens (tertiary/aromatic N) is 2. The van der Waals surface area contributed by atoms with E-state index in [-0.39, 0.29) is 24.5 Å². The van der Waals surface area contributed by atoms with Crippen molar-refractivity contribution >= 4 is 28.3 Å². The highest BCUT2D eigenvalue weighted by atomic mass is 32.1. The Kier molecular flexibility index (Phi) is 5.69. The average Bonchev–Trinajstić information content (AvgIpc) is 3.09. The van der Waals surface area contributed by atoms with Gasteiger partial charge in [0.05, 0.1) is 11.8 Å². The smallest absolute Gasteiger partial charge is 0.245 e. The van der Waals surface area contributed by atoms with E-state index >= 15 is 0 Å². The highest BCUT2D eigenvalue weighted by molar-refractivity contribution is 7.13. The van der Waals surface area contributed by atoms with Crippen molar-refractivity contribution < 1.29 is 14.3 Å². The van der Waals surface area contributed by atoms with Crippen molar-refractivity contribution in [3.8, 4) is 0 Å². The lowest BCUT2D eigenvalue weighted by atomic mass is 10.2. The van der Waals surface area contributed by atoms with E-state index in [9.17, 15) is 9.59 Å². The van der Waals surface area contributed by atoms with Crippen molar-refractivity contribution in [2.24, 2.45) is 0 Å². The summed E-state index contributed by atoms with van der Waals surface area (Å²) < 4.78 is 5.55. The number of hydrogen-bond acceptors (Lipinski definition) is 5. The molecule has 2 heterocycles. The molecule has 1 aliphatic rings. The van der Waals surface area contributed by atoms with Crippen LogP contribution in [0.1, 0.15) is 31.9 Å². The molecule has 0 bridgehead atoms. The Labute approximate surface area is 128 Å².